The van der Waals surface area contributed by atoms with Gasteiger partial charge in [0, 0.05) is 49.4 Å². The number of piperazine rings is 1. The molecule has 0 aromatic heterocycles. The molecular weight excluding hydrogens is 396 g/mol. The number of allylic oxidation sites excluding steroid dienone is 1. The number of rotatable bonds is 3. The molecule has 4 fully saturated rings. The molecule has 2 saturated carbocycles. The number of ether oxygens (including phenoxy) is 1. The second-order valence-electron chi connectivity index (χ2n) is 10.2. The van der Waals surface area contributed by atoms with Crippen LogP contribution < -0.4 is 4.90 Å². The van der Waals surface area contributed by atoms with E-state index in [0.717, 1.165) is 57.0 Å². The normalized spacial score (nSPS) is 36.9. The van der Waals surface area contributed by atoms with Crippen molar-refractivity contribution in [1.82, 2.24) is 4.90 Å². The number of hydrogen-bond donors (Lipinski definition) is 0. The smallest absolute Gasteiger partial charge is 0.310 e. The lowest BCUT2D eigenvalue weighted by atomic mass is 9.55. The molecule has 2 aliphatic heterocycles. The van der Waals surface area contributed by atoms with Gasteiger partial charge < -0.3 is 9.64 Å². The third-order valence-corrected chi connectivity index (χ3v) is 8.59. The fourth-order valence-corrected chi connectivity index (χ4v) is 6.71. The first-order valence-electron chi connectivity index (χ1n) is 11.5. The Labute approximate surface area is 185 Å². The average Bonchev–Trinajstić information content (AvgIpc) is 3.01. The van der Waals surface area contributed by atoms with Gasteiger partial charge in [0.1, 0.15) is 6.10 Å². The van der Waals surface area contributed by atoms with Crippen molar-refractivity contribution >= 4 is 23.3 Å². The Balaban J connectivity index is 1.22. The predicted molar refractivity (Wildman–Crippen MR) is 121 cm³/mol. The second kappa shape index (κ2) is 7.87. The van der Waals surface area contributed by atoms with Crippen molar-refractivity contribution in [2.24, 2.45) is 23.2 Å². The van der Waals surface area contributed by atoms with Crippen LogP contribution in [-0.2, 0) is 9.53 Å². The third-order valence-electron chi connectivity index (χ3n) is 8.34. The van der Waals surface area contributed by atoms with Crippen molar-refractivity contribution in [3.05, 3.63) is 41.4 Å². The Kier molecular flexibility index (Phi) is 5.35. The number of halogens is 1. The van der Waals surface area contributed by atoms with Gasteiger partial charge in [0.2, 0.25) is 0 Å². The lowest BCUT2D eigenvalue weighted by molar-refractivity contribution is -0.146. The molecule has 0 spiro atoms. The van der Waals surface area contributed by atoms with Crippen LogP contribution in [0.15, 0.2) is 36.4 Å². The molecule has 5 rings (SSSR count). The van der Waals surface area contributed by atoms with Crippen molar-refractivity contribution in [2.45, 2.75) is 45.1 Å². The van der Waals surface area contributed by atoms with E-state index in [1.807, 2.05) is 12.1 Å². The molecule has 0 radical (unpaired) electrons. The number of esters is 1. The zero-order valence-electron chi connectivity index (χ0n) is 18.0. The number of benzene rings is 1. The van der Waals surface area contributed by atoms with Crippen LogP contribution in [0, 0.1) is 23.2 Å². The van der Waals surface area contributed by atoms with Crippen molar-refractivity contribution < 1.29 is 9.53 Å². The number of anilines is 1. The van der Waals surface area contributed by atoms with E-state index >= 15 is 0 Å². The molecule has 5 atom stereocenters. The van der Waals surface area contributed by atoms with Gasteiger partial charge in [-0.3, -0.25) is 9.69 Å². The Bertz CT molecular complexity index is 817. The Morgan fingerprint density at radius 2 is 1.93 bits per heavy atom. The summed E-state index contributed by atoms with van der Waals surface area (Å²) in [5.41, 5.74) is 2.91. The molecule has 0 N–H and O–H groups in total. The van der Waals surface area contributed by atoms with Gasteiger partial charge in [-0.2, -0.15) is 0 Å². The molecule has 1 aromatic rings. The summed E-state index contributed by atoms with van der Waals surface area (Å²) in [6.07, 6.45) is 5.86. The van der Waals surface area contributed by atoms with Gasteiger partial charge >= 0.3 is 5.97 Å². The third kappa shape index (κ3) is 3.67. The summed E-state index contributed by atoms with van der Waals surface area (Å²) < 4.78 is 5.95. The topological polar surface area (TPSA) is 32.8 Å². The first-order valence-corrected chi connectivity index (χ1v) is 11.9. The summed E-state index contributed by atoms with van der Waals surface area (Å²) in [6.45, 7) is 11.6. The van der Waals surface area contributed by atoms with Gasteiger partial charge in [0.15, 0.2) is 0 Å². The first-order chi connectivity index (χ1) is 14.4. The Morgan fingerprint density at radius 1 is 1.20 bits per heavy atom. The van der Waals surface area contributed by atoms with Crippen LogP contribution in [0.5, 0.6) is 0 Å². The highest BCUT2D eigenvalue weighted by Gasteiger charge is 2.55. The summed E-state index contributed by atoms with van der Waals surface area (Å²) in [7, 11) is 0. The average molecular weight is 429 g/mol. The Morgan fingerprint density at radius 3 is 2.67 bits per heavy atom. The molecule has 4 aliphatic rings. The van der Waals surface area contributed by atoms with Gasteiger partial charge in [0.25, 0.3) is 0 Å². The molecule has 30 heavy (non-hydrogen) atoms. The highest BCUT2D eigenvalue weighted by atomic mass is 35.5. The van der Waals surface area contributed by atoms with Crippen LogP contribution in [0.4, 0.5) is 5.69 Å². The van der Waals surface area contributed by atoms with E-state index in [4.69, 9.17) is 16.3 Å². The lowest BCUT2D eigenvalue weighted by Gasteiger charge is -2.50. The predicted octanol–water partition coefficient (Wildman–Crippen LogP) is 4.78. The van der Waals surface area contributed by atoms with E-state index in [2.05, 4.69) is 35.4 Å². The van der Waals surface area contributed by atoms with Crippen LogP contribution in [0.3, 0.4) is 0 Å². The number of fused-ring (bicyclic) bond motifs is 2. The molecule has 162 valence electrons. The molecule has 5 heteroatoms. The van der Waals surface area contributed by atoms with Gasteiger partial charge in [-0.25, -0.2) is 0 Å². The second-order valence-corrected chi connectivity index (χ2v) is 10.6. The van der Waals surface area contributed by atoms with Crippen LogP contribution >= 0.6 is 11.6 Å². The van der Waals surface area contributed by atoms with E-state index in [1.165, 1.54) is 24.1 Å². The number of carbonyl (C=O) groups is 1. The van der Waals surface area contributed by atoms with Crippen molar-refractivity contribution in [3.63, 3.8) is 0 Å². The minimum absolute atomic E-state index is 0.0244. The fraction of sp³-hybridized carbons (Fsp3) is 0.640. The standard InChI is InChI=1S/C25H33ClN2O2/c1-17-4-3-9-25(2)15-23-20(14-22(17)25)21(24(29)30-23)16-27-10-12-28(13-11-27)19-7-5-18(26)6-8-19/h5-8,20-23H,1,3-4,9-16H2,2H3/t20-,21-,22+,23+,25-/m0/s1. The van der Waals surface area contributed by atoms with Crippen LogP contribution in [0.2, 0.25) is 5.02 Å². The minimum atomic E-state index is 0.0244. The first kappa shape index (κ1) is 20.4. The maximum Gasteiger partial charge on any atom is 0.310 e. The van der Waals surface area contributed by atoms with Gasteiger partial charge in [-0.15, -0.1) is 0 Å². The molecular formula is C25H33ClN2O2. The quantitative estimate of drug-likeness (QED) is 0.512. The zero-order valence-corrected chi connectivity index (χ0v) is 18.7. The monoisotopic (exact) mass is 428 g/mol. The minimum Gasteiger partial charge on any atom is -0.462 e. The molecule has 2 saturated heterocycles. The fourth-order valence-electron chi connectivity index (χ4n) is 6.58. The summed E-state index contributed by atoms with van der Waals surface area (Å²) in [6, 6.07) is 8.09. The van der Waals surface area contributed by atoms with Crippen molar-refractivity contribution in [2.75, 3.05) is 37.6 Å². The molecule has 0 amide bonds. The molecule has 4 nitrogen and oxygen atoms in total. The maximum absolute atomic E-state index is 12.8. The van der Waals surface area contributed by atoms with Crippen LogP contribution in [0.25, 0.3) is 0 Å². The van der Waals surface area contributed by atoms with Crippen LogP contribution in [0.1, 0.15) is 39.0 Å². The van der Waals surface area contributed by atoms with E-state index in [0.29, 0.717) is 11.8 Å². The molecule has 0 bridgehead atoms. The number of nitrogens with zero attached hydrogens (tertiary/aromatic N) is 2. The summed E-state index contributed by atoms with van der Waals surface area (Å²) in [5, 5.41) is 0.774. The number of hydrogen-bond acceptors (Lipinski definition) is 4. The molecule has 2 aliphatic carbocycles. The lowest BCUT2D eigenvalue weighted by Crippen LogP contribution is -2.50. The number of carbonyl (C=O) groups excluding carboxylic acids is 1. The zero-order chi connectivity index (χ0) is 20.9. The van der Waals surface area contributed by atoms with Gasteiger partial charge in [0.05, 0.1) is 5.92 Å². The highest BCUT2D eigenvalue weighted by Crippen LogP contribution is 2.56. The van der Waals surface area contributed by atoms with E-state index in [1.54, 1.807) is 0 Å². The summed E-state index contributed by atoms with van der Waals surface area (Å²) >= 11 is 6.02. The summed E-state index contributed by atoms with van der Waals surface area (Å²) in [4.78, 5) is 17.7. The SMILES string of the molecule is C=C1CCC[C@@]2(C)C[C@H]3OC(=O)[C@@H](CN4CCN(c5ccc(Cl)cc5)CC4)[C@@H]3C[C@H]12. The Hall–Kier alpha value is -1.52. The van der Waals surface area contributed by atoms with E-state index in [-0.39, 0.29) is 23.4 Å². The van der Waals surface area contributed by atoms with E-state index in [9.17, 15) is 4.79 Å². The van der Waals surface area contributed by atoms with Gasteiger partial charge in [-0.05, 0) is 67.7 Å². The summed E-state index contributed by atoms with van der Waals surface area (Å²) in [5.74, 6) is 0.986. The van der Waals surface area contributed by atoms with Gasteiger partial charge in [-0.1, -0.05) is 30.7 Å². The highest BCUT2D eigenvalue weighted by molar-refractivity contribution is 6.30. The van der Waals surface area contributed by atoms with Crippen molar-refractivity contribution in [1.29, 1.82) is 0 Å². The maximum atomic E-state index is 12.8. The van der Waals surface area contributed by atoms with Crippen molar-refractivity contribution in [3.8, 4) is 0 Å². The largest absolute Gasteiger partial charge is 0.462 e. The van der Waals surface area contributed by atoms with E-state index < -0.39 is 0 Å². The molecule has 1 aromatic carbocycles. The molecule has 0 unspecified atom stereocenters. The van der Waals surface area contributed by atoms with Crippen LogP contribution in [-0.4, -0.2) is 49.7 Å². The molecule has 2 heterocycles.